The third-order valence-electron chi connectivity index (χ3n) is 5.02. The Labute approximate surface area is 190 Å². The highest BCUT2D eigenvalue weighted by molar-refractivity contribution is 14.0. The molecule has 2 heterocycles. The number of rotatable bonds is 7. The van der Waals surface area contributed by atoms with E-state index in [1.165, 1.54) is 12.0 Å². The van der Waals surface area contributed by atoms with E-state index in [-0.39, 0.29) is 30.1 Å². The van der Waals surface area contributed by atoms with E-state index in [1.54, 1.807) is 7.11 Å². The van der Waals surface area contributed by atoms with Crippen molar-refractivity contribution >= 4 is 29.9 Å². The summed E-state index contributed by atoms with van der Waals surface area (Å²) >= 11 is 0. The van der Waals surface area contributed by atoms with Crippen LogP contribution in [0.1, 0.15) is 18.9 Å². The number of hydrogen-bond acceptors (Lipinski definition) is 4. The second-order valence-corrected chi connectivity index (χ2v) is 7.36. The molecule has 1 aliphatic heterocycles. The molecule has 0 saturated carbocycles. The van der Waals surface area contributed by atoms with Crippen LogP contribution in [-0.4, -0.2) is 60.5 Å². The Hall–Kier alpha value is -1.97. The normalized spacial score (nSPS) is 17.6. The van der Waals surface area contributed by atoms with Gasteiger partial charge in [0.1, 0.15) is 17.6 Å². The lowest BCUT2D eigenvalue weighted by molar-refractivity contribution is 0.222. The number of benzene rings is 1. The number of halogens is 1. The Morgan fingerprint density at radius 2 is 2.03 bits per heavy atom. The molecule has 1 fully saturated rings. The monoisotopic (exact) mass is 513 g/mol. The van der Waals surface area contributed by atoms with E-state index >= 15 is 0 Å². The van der Waals surface area contributed by atoms with E-state index < -0.39 is 0 Å². The molecule has 0 radical (unpaired) electrons. The smallest absolute Gasteiger partial charge is 0.193 e. The van der Waals surface area contributed by atoms with Crippen molar-refractivity contribution in [2.24, 2.45) is 18.0 Å². The van der Waals surface area contributed by atoms with Gasteiger partial charge in [0.25, 0.3) is 0 Å². The van der Waals surface area contributed by atoms with Crippen molar-refractivity contribution < 1.29 is 9.47 Å². The van der Waals surface area contributed by atoms with E-state index in [1.807, 2.05) is 49.2 Å². The topological polar surface area (TPSA) is 63.9 Å². The van der Waals surface area contributed by atoms with Crippen LogP contribution in [0.2, 0.25) is 0 Å². The molecule has 2 aromatic rings. The molecular formula is C21H32IN5O2. The third kappa shape index (κ3) is 6.80. The fourth-order valence-electron chi connectivity index (χ4n) is 3.60. The maximum absolute atomic E-state index is 5.97. The van der Waals surface area contributed by atoms with Gasteiger partial charge in [0.2, 0.25) is 0 Å². The lowest BCUT2D eigenvalue weighted by Crippen LogP contribution is -2.43. The van der Waals surface area contributed by atoms with Gasteiger partial charge in [0, 0.05) is 33.4 Å². The minimum atomic E-state index is 0. The molecule has 1 N–H and O–H groups in total. The van der Waals surface area contributed by atoms with Crippen LogP contribution in [0.5, 0.6) is 11.5 Å². The van der Waals surface area contributed by atoms with Gasteiger partial charge in [-0.2, -0.15) is 5.10 Å². The summed E-state index contributed by atoms with van der Waals surface area (Å²) < 4.78 is 13.0. The molecule has 1 aromatic carbocycles. The fourth-order valence-corrected chi connectivity index (χ4v) is 3.60. The summed E-state index contributed by atoms with van der Waals surface area (Å²) in [5.41, 5.74) is 1.30. The van der Waals surface area contributed by atoms with Gasteiger partial charge in [-0.1, -0.05) is 0 Å². The molecular weight excluding hydrogens is 481 g/mol. The summed E-state index contributed by atoms with van der Waals surface area (Å²) in [4.78, 5) is 6.79. The number of methoxy groups -OCH3 is 1. The van der Waals surface area contributed by atoms with Crippen LogP contribution in [0.15, 0.2) is 41.7 Å². The van der Waals surface area contributed by atoms with E-state index in [9.17, 15) is 0 Å². The lowest BCUT2D eigenvalue weighted by Gasteiger charge is -2.23. The molecule has 2 unspecified atom stereocenters. The van der Waals surface area contributed by atoms with Crippen LogP contribution in [-0.2, 0) is 13.5 Å². The van der Waals surface area contributed by atoms with Crippen molar-refractivity contribution in [3.05, 3.63) is 42.2 Å². The molecule has 1 aliphatic rings. The number of aromatic nitrogens is 2. The molecule has 29 heavy (non-hydrogen) atoms. The molecule has 7 nitrogen and oxygen atoms in total. The quantitative estimate of drug-likeness (QED) is 0.351. The molecule has 160 valence electrons. The summed E-state index contributed by atoms with van der Waals surface area (Å²) in [7, 11) is 5.46. The van der Waals surface area contributed by atoms with Crippen molar-refractivity contribution in [3.8, 4) is 11.5 Å². The number of nitrogens with zero attached hydrogens (tertiary/aromatic N) is 4. The molecule has 3 rings (SSSR count). The number of guanidine groups is 1. The van der Waals surface area contributed by atoms with Crippen LogP contribution in [0, 0.1) is 5.92 Å². The Morgan fingerprint density at radius 3 is 2.66 bits per heavy atom. The number of hydrogen-bond donors (Lipinski definition) is 1. The van der Waals surface area contributed by atoms with Gasteiger partial charge in [0.05, 0.1) is 19.9 Å². The highest BCUT2D eigenvalue weighted by atomic mass is 127. The maximum Gasteiger partial charge on any atom is 0.193 e. The largest absolute Gasteiger partial charge is 0.497 e. The second kappa shape index (κ2) is 11.3. The van der Waals surface area contributed by atoms with Crippen LogP contribution in [0.3, 0.4) is 0 Å². The molecule has 1 aromatic heterocycles. The van der Waals surface area contributed by atoms with Gasteiger partial charge in [-0.05, 0) is 55.5 Å². The highest BCUT2D eigenvalue weighted by Crippen LogP contribution is 2.21. The first-order valence-corrected chi connectivity index (χ1v) is 9.81. The second-order valence-electron chi connectivity index (χ2n) is 7.36. The Kier molecular flexibility index (Phi) is 9.06. The Balaban J connectivity index is 0.00000300. The number of aliphatic imine (C=N–C) groups is 1. The van der Waals surface area contributed by atoms with Gasteiger partial charge in [-0.3, -0.25) is 9.67 Å². The number of ether oxygens (including phenoxy) is 2. The Morgan fingerprint density at radius 1 is 1.31 bits per heavy atom. The fraction of sp³-hybridized carbons (Fsp3) is 0.524. The van der Waals surface area contributed by atoms with Crippen molar-refractivity contribution in [1.82, 2.24) is 20.0 Å². The molecule has 8 heteroatoms. The van der Waals surface area contributed by atoms with E-state index in [2.05, 4.69) is 33.4 Å². The van der Waals surface area contributed by atoms with Gasteiger partial charge < -0.3 is 19.7 Å². The third-order valence-corrected chi connectivity index (χ3v) is 5.02. The standard InChI is InChI=1S/C21H31N5O2.HI/c1-16(28-20-7-5-19(27-4)6-8-20)12-23-21(22-2)26-10-9-17(15-26)11-18-13-24-25(3)14-18;/h5-8,13-14,16-17H,9-12,15H2,1-4H3,(H,22,23);1H. The molecule has 0 amide bonds. The predicted molar refractivity (Wildman–Crippen MR) is 126 cm³/mol. The molecule has 0 spiro atoms. The minimum Gasteiger partial charge on any atom is -0.497 e. The van der Waals surface area contributed by atoms with Crippen LogP contribution < -0.4 is 14.8 Å². The van der Waals surface area contributed by atoms with Crippen molar-refractivity contribution in [2.75, 3.05) is 33.8 Å². The summed E-state index contributed by atoms with van der Waals surface area (Å²) in [6, 6.07) is 7.66. The van der Waals surface area contributed by atoms with Crippen LogP contribution >= 0.6 is 24.0 Å². The van der Waals surface area contributed by atoms with Gasteiger partial charge in [-0.15, -0.1) is 24.0 Å². The van der Waals surface area contributed by atoms with Crippen LogP contribution in [0.25, 0.3) is 0 Å². The van der Waals surface area contributed by atoms with Crippen molar-refractivity contribution in [2.45, 2.75) is 25.9 Å². The van der Waals surface area contributed by atoms with Crippen LogP contribution in [0.4, 0.5) is 0 Å². The predicted octanol–water partition coefficient (Wildman–Crippen LogP) is 2.95. The maximum atomic E-state index is 5.97. The first kappa shape index (κ1) is 23.3. The molecule has 0 aliphatic carbocycles. The summed E-state index contributed by atoms with van der Waals surface area (Å²) in [6.45, 7) is 4.79. The first-order chi connectivity index (χ1) is 13.6. The van der Waals surface area contributed by atoms with E-state index in [0.29, 0.717) is 12.5 Å². The minimum absolute atomic E-state index is 0. The average Bonchev–Trinajstić information content (AvgIpc) is 3.32. The Bertz CT molecular complexity index is 778. The van der Waals surface area contributed by atoms with Gasteiger partial charge in [-0.25, -0.2) is 0 Å². The first-order valence-electron chi connectivity index (χ1n) is 9.81. The van der Waals surface area contributed by atoms with Crippen molar-refractivity contribution in [3.63, 3.8) is 0 Å². The molecule has 1 saturated heterocycles. The molecule has 0 bridgehead atoms. The highest BCUT2D eigenvalue weighted by Gasteiger charge is 2.25. The summed E-state index contributed by atoms with van der Waals surface area (Å²) in [5.74, 6) is 3.24. The number of aryl methyl sites for hydroxylation is 1. The van der Waals surface area contributed by atoms with E-state index in [0.717, 1.165) is 37.0 Å². The number of nitrogens with one attached hydrogen (secondary N) is 1. The van der Waals surface area contributed by atoms with Gasteiger partial charge in [0.15, 0.2) is 5.96 Å². The van der Waals surface area contributed by atoms with Crippen molar-refractivity contribution in [1.29, 1.82) is 0 Å². The zero-order valence-corrected chi connectivity index (χ0v) is 20.0. The SMILES string of the molecule is CN=C(NCC(C)Oc1ccc(OC)cc1)N1CCC(Cc2cnn(C)c2)C1.I. The average molecular weight is 513 g/mol. The number of likely N-dealkylation sites (tertiary alicyclic amines) is 1. The molecule has 2 atom stereocenters. The van der Waals surface area contributed by atoms with Gasteiger partial charge >= 0.3 is 0 Å². The zero-order chi connectivity index (χ0) is 19.9. The summed E-state index contributed by atoms with van der Waals surface area (Å²) in [5, 5.41) is 7.72. The lowest BCUT2D eigenvalue weighted by atomic mass is 10.0. The summed E-state index contributed by atoms with van der Waals surface area (Å²) in [6.07, 6.45) is 6.34. The zero-order valence-electron chi connectivity index (χ0n) is 17.7. The van der Waals surface area contributed by atoms with E-state index in [4.69, 9.17) is 9.47 Å².